The molecule has 2 aromatic carbocycles. The number of ether oxygens (including phenoxy) is 3. The highest BCUT2D eigenvalue weighted by Crippen LogP contribution is 2.24. The molecule has 0 spiro atoms. The smallest absolute Gasteiger partial charge is 0.331 e. The number of H-pyrrole nitrogens is 1. The number of methoxy groups -OCH3 is 2. The van der Waals surface area contributed by atoms with Gasteiger partial charge in [-0.2, -0.15) is 0 Å². The van der Waals surface area contributed by atoms with Gasteiger partial charge >= 0.3 is 5.69 Å². The van der Waals surface area contributed by atoms with E-state index in [2.05, 4.69) is 10.3 Å². The Morgan fingerprint density at radius 1 is 0.946 bits per heavy atom. The molecule has 194 valence electrons. The molecule has 0 fully saturated rings. The average Bonchev–Trinajstić information content (AvgIpc) is 3.35. The van der Waals surface area contributed by atoms with Gasteiger partial charge in [0.25, 0.3) is 11.5 Å². The molecule has 4 aromatic rings. The van der Waals surface area contributed by atoms with Crippen molar-refractivity contribution in [3.63, 3.8) is 0 Å². The average molecular weight is 511 g/mol. The van der Waals surface area contributed by atoms with Gasteiger partial charge in [-0.05, 0) is 60.2 Å². The Morgan fingerprint density at radius 3 is 2.24 bits per heavy atom. The lowest BCUT2D eigenvalue weighted by Crippen LogP contribution is -2.41. The Morgan fingerprint density at radius 2 is 1.59 bits per heavy atom. The van der Waals surface area contributed by atoms with E-state index < -0.39 is 11.2 Å². The third kappa shape index (κ3) is 5.96. The molecule has 10 nitrogen and oxygen atoms in total. The van der Waals surface area contributed by atoms with Crippen LogP contribution in [0.1, 0.15) is 0 Å². The lowest BCUT2D eigenvalue weighted by Gasteiger charge is -2.11. The van der Waals surface area contributed by atoms with Gasteiger partial charge in [0.2, 0.25) is 0 Å². The van der Waals surface area contributed by atoms with Crippen LogP contribution >= 0.6 is 0 Å². The summed E-state index contributed by atoms with van der Waals surface area (Å²) in [5.41, 5.74) is 1.79. The highest BCUT2D eigenvalue weighted by molar-refractivity contribution is 5.91. The zero-order chi connectivity index (χ0) is 26.4. The van der Waals surface area contributed by atoms with E-state index in [1.807, 2.05) is 0 Å². The predicted octanol–water partition coefficient (Wildman–Crippen LogP) is 2.61. The van der Waals surface area contributed by atoms with Crippen molar-refractivity contribution in [1.29, 1.82) is 0 Å². The van der Waals surface area contributed by atoms with Crippen molar-refractivity contribution in [2.75, 3.05) is 39.4 Å². The Kier molecular flexibility index (Phi) is 8.16. The topological polar surface area (TPSA) is 117 Å². The van der Waals surface area contributed by atoms with Crippen molar-refractivity contribution in [2.24, 2.45) is 0 Å². The number of aromatic nitrogens is 3. The number of hydrogen-bond acceptors (Lipinski definition) is 6. The van der Waals surface area contributed by atoms with Crippen LogP contribution in [0.2, 0.25) is 0 Å². The van der Waals surface area contributed by atoms with Gasteiger partial charge in [0.05, 0.1) is 31.8 Å². The fourth-order valence-electron chi connectivity index (χ4n) is 3.83. The number of aromatic amines is 1. The molecule has 0 saturated heterocycles. The normalized spacial score (nSPS) is 11.1. The third-order valence-corrected chi connectivity index (χ3v) is 5.71. The number of amides is 1. The van der Waals surface area contributed by atoms with Crippen molar-refractivity contribution in [1.82, 2.24) is 14.1 Å². The van der Waals surface area contributed by atoms with E-state index in [0.717, 1.165) is 10.1 Å². The highest BCUT2D eigenvalue weighted by atomic mass is 19.1. The van der Waals surface area contributed by atoms with Crippen LogP contribution in [0, 0.1) is 5.82 Å². The molecule has 0 aliphatic rings. The fourth-order valence-corrected chi connectivity index (χ4v) is 3.83. The third-order valence-electron chi connectivity index (χ3n) is 5.71. The Bertz CT molecular complexity index is 1490. The number of nitrogens with one attached hydrogen (secondary N) is 2. The predicted molar refractivity (Wildman–Crippen MR) is 137 cm³/mol. The van der Waals surface area contributed by atoms with Gasteiger partial charge in [0.1, 0.15) is 17.1 Å². The quantitative estimate of drug-likeness (QED) is 0.321. The lowest BCUT2D eigenvalue weighted by molar-refractivity contribution is -0.118. The largest absolute Gasteiger partial charge is 0.484 e. The zero-order valence-electron chi connectivity index (χ0n) is 20.5. The second-order valence-corrected chi connectivity index (χ2v) is 8.19. The summed E-state index contributed by atoms with van der Waals surface area (Å²) < 4.78 is 31.4. The number of nitrogens with zero attached hydrogens (tertiary/aromatic N) is 2. The monoisotopic (exact) mass is 510 g/mol. The van der Waals surface area contributed by atoms with Crippen LogP contribution in [0.15, 0.2) is 64.2 Å². The molecule has 0 bridgehead atoms. The van der Waals surface area contributed by atoms with Crippen molar-refractivity contribution in [2.45, 2.75) is 13.1 Å². The number of anilines is 1. The van der Waals surface area contributed by atoms with E-state index in [1.54, 1.807) is 37.4 Å². The molecule has 2 aromatic heterocycles. The van der Waals surface area contributed by atoms with Crippen LogP contribution in [-0.4, -0.2) is 54.1 Å². The summed E-state index contributed by atoms with van der Waals surface area (Å²) in [5.74, 6) is -0.308. The van der Waals surface area contributed by atoms with Gasteiger partial charge in [-0.15, -0.1) is 0 Å². The van der Waals surface area contributed by atoms with Gasteiger partial charge in [-0.3, -0.25) is 18.7 Å². The molecular weight excluding hydrogens is 483 g/mol. The van der Waals surface area contributed by atoms with E-state index in [1.165, 1.54) is 35.9 Å². The van der Waals surface area contributed by atoms with Crippen molar-refractivity contribution in [3.05, 3.63) is 81.3 Å². The SMILES string of the molecule is COCCn1c(=O)c2[nH]c(-c3ccc(OCC(=O)Nc4ccc(F)cc4)cc3)cc2n(CCOC)c1=O. The summed E-state index contributed by atoms with van der Waals surface area (Å²) in [4.78, 5) is 41.3. The fraction of sp³-hybridized carbons (Fsp3) is 0.269. The van der Waals surface area contributed by atoms with Gasteiger partial charge in [0.15, 0.2) is 6.61 Å². The summed E-state index contributed by atoms with van der Waals surface area (Å²) in [5, 5.41) is 2.63. The second-order valence-electron chi connectivity index (χ2n) is 8.19. The highest BCUT2D eigenvalue weighted by Gasteiger charge is 2.16. The summed E-state index contributed by atoms with van der Waals surface area (Å²) in [7, 11) is 3.05. The molecule has 0 aliphatic carbocycles. The second kappa shape index (κ2) is 11.7. The summed E-state index contributed by atoms with van der Waals surface area (Å²) >= 11 is 0. The molecular formula is C26H27FN4O6. The molecule has 0 saturated carbocycles. The number of fused-ring (bicyclic) bond motifs is 1. The molecule has 11 heteroatoms. The van der Waals surface area contributed by atoms with Crippen LogP contribution in [0.25, 0.3) is 22.3 Å². The Labute approximate surface area is 211 Å². The first kappa shape index (κ1) is 25.9. The maximum atomic E-state index is 13.0. The van der Waals surface area contributed by atoms with Gasteiger partial charge in [-0.1, -0.05) is 0 Å². The minimum Gasteiger partial charge on any atom is -0.484 e. The molecule has 0 unspecified atom stereocenters. The maximum absolute atomic E-state index is 13.0. The number of hydrogen-bond donors (Lipinski definition) is 2. The van der Waals surface area contributed by atoms with Gasteiger partial charge in [-0.25, -0.2) is 9.18 Å². The molecule has 37 heavy (non-hydrogen) atoms. The minimum absolute atomic E-state index is 0.131. The molecule has 0 atom stereocenters. The molecule has 4 rings (SSSR count). The number of halogens is 1. The maximum Gasteiger partial charge on any atom is 0.331 e. The van der Waals surface area contributed by atoms with Crippen molar-refractivity contribution in [3.8, 4) is 17.0 Å². The Balaban J connectivity index is 1.53. The van der Waals surface area contributed by atoms with Crippen LogP contribution < -0.4 is 21.3 Å². The number of benzene rings is 2. The van der Waals surface area contributed by atoms with Crippen molar-refractivity contribution < 1.29 is 23.4 Å². The van der Waals surface area contributed by atoms with Gasteiger partial charge < -0.3 is 24.5 Å². The number of carbonyl (C=O) groups excluding carboxylic acids is 1. The van der Waals surface area contributed by atoms with E-state index in [-0.39, 0.29) is 38.0 Å². The number of carbonyl (C=O) groups is 1. The van der Waals surface area contributed by atoms with Crippen LogP contribution in [-0.2, 0) is 27.4 Å². The lowest BCUT2D eigenvalue weighted by atomic mass is 10.1. The Hall–Kier alpha value is -4.22. The molecule has 0 radical (unpaired) electrons. The first-order chi connectivity index (χ1) is 17.9. The zero-order valence-corrected chi connectivity index (χ0v) is 20.5. The first-order valence-corrected chi connectivity index (χ1v) is 11.5. The molecule has 2 heterocycles. The first-order valence-electron chi connectivity index (χ1n) is 11.5. The van der Waals surface area contributed by atoms with E-state index in [4.69, 9.17) is 14.2 Å². The van der Waals surface area contributed by atoms with Crippen molar-refractivity contribution >= 4 is 22.6 Å². The van der Waals surface area contributed by atoms with E-state index >= 15 is 0 Å². The van der Waals surface area contributed by atoms with Gasteiger partial charge in [0, 0.05) is 25.6 Å². The summed E-state index contributed by atoms with van der Waals surface area (Å²) in [6.45, 7) is 0.714. The molecule has 1 amide bonds. The number of rotatable bonds is 11. The summed E-state index contributed by atoms with van der Waals surface area (Å²) in [6.07, 6.45) is 0. The van der Waals surface area contributed by atoms with E-state index in [0.29, 0.717) is 34.8 Å². The van der Waals surface area contributed by atoms with Crippen LogP contribution in [0.5, 0.6) is 5.75 Å². The molecule has 0 aliphatic heterocycles. The van der Waals surface area contributed by atoms with Crippen LogP contribution in [0.4, 0.5) is 10.1 Å². The standard InChI is InChI=1S/C26H27FN4O6/c1-35-13-11-30-22-15-21(29-24(22)25(33)31(26(30)34)12-14-36-2)17-3-9-20(10-4-17)37-16-23(32)28-19-7-5-18(27)6-8-19/h3-10,15,29H,11-14,16H2,1-2H3,(H,28,32). The van der Waals surface area contributed by atoms with Crippen LogP contribution in [0.3, 0.4) is 0 Å². The van der Waals surface area contributed by atoms with E-state index in [9.17, 15) is 18.8 Å². The minimum atomic E-state index is -0.431. The molecule has 2 N–H and O–H groups in total. The summed E-state index contributed by atoms with van der Waals surface area (Å²) in [6, 6.07) is 14.1.